The average Bonchev–Trinajstić information content (AvgIpc) is 3.50. The van der Waals surface area contributed by atoms with Crippen LogP contribution < -0.4 is 0 Å². The van der Waals surface area contributed by atoms with Gasteiger partial charge in [0.2, 0.25) is 0 Å². The lowest BCUT2D eigenvalue weighted by atomic mass is 10.1. The minimum absolute atomic E-state index is 0.537. The van der Waals surface area contributed by atoms with Crippen LogP contribution in [0.4, 0.5) is 0 Å². The standard InChI is InChI=1S/C16H24N2OSi.C13H19BrN2OSi/c1-20(2,3)9-8-19-12-18-16-7-6-14(13-4-5-13)10-15(16)11-17-18;1-18(2,3)7-6-17-10-16-13-5-4-12(14)8-11(13)9-15-16/h6-7,10-11,13H,4-5,8-9,12H2,1-3H3;4-5,8-9H,6-7,10H2,1-3H3. The Morgan fingerprint density at radius 1 is 0.763 bits per heavy atom. The molecule has 38 heavy (non-hydrogen) atoms. The molecule has 4 aromatic rings. The maximum absolute atomic E-state index is 5.79. The van der Waals surface area contributed by atoms with Crippen molar-refractivity contribution in [1.29, 1.82) is 0 Å². The topological polar surface area (TPSA) is 54.1 Å². The van der Waals surface area contributed by atoms with Crippen LogP contribution in [0.1, 0.15) is 24.3 Å². The number of hydrogen-bond donors (Lipinski definition) is 0. The van der Waals surface area contributed by atoms with Gasteiger partial charge in [-0.25, -0.2) is 9.36 Å². The predicted molar refractivity (Wildman–Crippen MR) is 167 cm³/mol. The van der Waals surface area contributed by atoms with Crippen molar-refractivity contribution in [2.45, 2.75) is 83.6 Å². The van der Waals surface area contributed by atoms with Gasteiger partial charge in [0.15, 0.2) is 0 Å². The minimum atomic E-state index is -1.00. The number of ether oxygens (including phenoxy) is 2. The summed E-state index contributed by atoms with van der Waals surface area (Å²) in [5.41, 5.74) is 3.77. The molecule has 1 saturated carbocycles. The monoisotopic (exact) mass is 614 g/mol. The van der Waals surface area contributed by atoms with Gasteiger partial charge >= 0.3 is 0 Å². The lowest BCUT2D eigenvalue weighted by Gasteiger charge is -2.15. The van der Waals surface area contributed by atoms with E-state index in [2.05, 4.69) is 95.7 Å². The molecule has 9 heteroatoms. The van der Waals surface area contributed by atoms with Gasteiger partial charge in [-0.15, -0.1) is 0 Å². The van der Waals surface area contributed by atoms with E-state index >= 15 is 0 Å². The molecule has 0 aliphatic heterocycles. The number of benzene rings is 2. The van der Waals surface area contributed by atoms with Gasteiger partial charge in [0.25, 0.3) is 0 Å². The number of aromatic nitrogens is 4. The van der Waals surface area contributed by atoms with Crippen LogP contribution >= 0.6 is 15.9 Å². The van der Waals surface area contributed by atoms with E-state index in [-0.39, 0.29) is 0 Å². The fourth-order valence-electron chi connectivity index (χ4n) is 4.10. The molecule has 0 atom stereocenters. The lowest BCUT2D eigenvalue weighted by molar-refractivity contribution is 0.0816. The highest BCUT2D eigenvalue weighted by Gasteiger charge is 2.23. The molecule has 0 amide bonds. The van der Waals surface area contributed by atoms with Gasteiger partial charge in [-0.3, -0.25) is 0 Å². The van der Waals surface area contributed by atoms with Crippen LogP contribution in [-0.2, 0) is 22.9 Å². The van der Waals surface area contributed by atoms with E-state index in [0.29, 0.717) is 13.5 Å². The molecule has 2 heterocycles. The van der Waals surface area contributed by atoms with Crippen LogP contribution in [0.3, 0.4) is 0 Å². The average molecular weight is 616 g/mol. The van der Waals surface area contributed by atoms with Crippen LogP contribution in [0.2, 0.25) is 51.4 Å². The first-order valence-corrected chi connectivity index (χ1v) is 21.9. The van der Waals surface area contributed by atoms with Crippen LogP contribution in [-0.4, -0.2) is 48.9 Å². The van der Waals surface area contributed by atoms with E-state index in [4.69, 9.17) is 9.47 Å². The summed E-state index contributed by atoms with van der Waals surface area (Å²) < 4.78 is 16.5. The van der Waals surface area contributed by atoms with Gasteiger partial charge in [-0.05, 0) is 66.7 Å². The number of rotatable bonds is 11. The first-order valence-electron chi connectivity index (χ1n) is 13.7. The maximum atomic E-state index is 5.79. The summed E-state index contributed by atoms with van der Waals surface area (Å²) in [4.78, 5) is 0. The van der Waals surface area contributed by atoms with E-state index in [0.717, 1.165) is 34.5 Å². The Kier molecular flexibility index (Phi) is 9.68. The van der Waals surface area contributed by atoms with Gasteiger partial charge in [0, 0.05) is 44.6 Å². The summed E-state index contributed by atoms with van der Waals surface area (Å²) in [6, 6.07) is 15.3. The Morgan fingerprint density at radius 3 is 1.76 bits per heavy atom. The first kappa shape index (κ1) is 29.2. The Labute approximate surface area is 237 Å². The van der Waals surface area contributed by atoms with E-state index in [1.807, 2.05) is 27.8 Å². The van der Waals surface area contributed by atoms with Crippen molar-refractivity contribution in [1.82, 2.24) is 19.6 Å². The second-order valence-corrected chi connectivity index (χ2v) is 24.9. The van der Waals surface area contributed by atoms with Crippen LogP contribution in [0.25, 0.3) is 21.8 Å². The van der Waals surface area contributed by atoms with Crippen molar-refractivity contribution in [3.8, 4) is 0 Å². The fourth-order valence-corrected chi connectivity index (χ4v) is 5.99. The lowest BCUT2D eigenvalue weighted by Crippen LogP contribution is -2.22. The highest BCUT2D eigenvalue weighted by atomic mass is 79.9. The van der Waals surface area contributed by atoms with E-state index < -0.39 is 16.1 Å². The van der Waals surface area contributed by atoms with Crippen molar-refractivity contribution < 1.29 is 9.47 Å². The number of halogens is 1. The molecule has 0 unspecified atom stereocenters. The Hall–Kier alpha value is -1.79. The zero-order valence-electron chi connectivity index (χ0n) is 23.8. The third-order valence-corrected chi connectivity index (χ3v) is 10.6. The minimum Gasteiger partial charge on any atom is -0.360 e. The molecule has 1 aliphatic carbocycles. The maximum Gasteiger partial charge on any atom is 0.139 e. The van der Waals surface area contributed by atoms with Crippen LogP contribution in [0.5, 0.6) is 0 Å². The predicted octanol–water partition coefficient (Wildman–Crippen LogP) is 8.34. The van der Waals surface area contributed by atoms with Crippen molar-refractivity contribution in [3.05, 3.63) is 58.8 Å². The van der Waals surface area contributed by atoms with E-state index in [1.54, 1.807) is 0 Å². The molecule has 2 aromatic heterocycles. The quantitative estimate of drug-likeness (QED) is 0.126. The van der Waals surface area contributed by atoms with Crippen molar-refractivity contribution in [2.75, 3.05) is 13.2 Å². The second kappa shape index (κ2) is 12.6. The van der Waals surface area contributed by atoms with Crippen molar-refractivity contribution in [2.24, 2.45) is 0 Å². The third kappa shape index (κ3) is 8.87. The molecule has 0 N–H and O–H groups in total. The van der Waals surface area contributed by atoms with Gasteiger partial charge < -0.3 is 9.47 Å². The number of fused-ring (bicyclic) bond motifs is 2. The van der Waals surface area contributed by atoms with Gasteiger partial charge in [0.05, 0.1) is 23.4 Å². The summed E-state index contributed by atoms with van der Waals surface area (Å²) in [7, 11) is -2.00. The summed E-state index contributed by atoms with van der Waals surface area (Å²) >= 11 is 3.46. The smallest absolute Gasteiger partial charge is 0.139 e. The number of nitrogens with zero attached hydrogens (tertiary/aromatic N) is 4. The Balaban J connectivity index is 0.000000178. The summed E-state index contributed by atoms with van der Waals surface area (Å²) in [6.07, 6.45) is 6.53. The van der Waals surface area contributed by atoms with Gasteiger partial charge in [-0.2, -0.15) is 10.2 Å². The zero-order chi connectivity index (χ0) is 27.3. The summed E-state index contributed by atoms with van der Waals surface area (Å²) in [5, 5.41) is 11.2. The number of hydrogen-bond acceptors (Lipinski definition) is 4. The first-order chi connectivity index (χ1) is 18.0. The summed E-state index contributed by atoms with van der Waals surface area (Å²) in [5.74, 6) is 0.802. The van der Waals surface area contributed by atoms with Crippen molar-refractivity contribution >= 4 is 53.9 Å². The van der Waals surface area contributed by atoms with E-state index in [1.165, 1.54) is 41.4 Å². The molecule has 0 bridgehead atoms. The highest BCUT2D eigenvalue weighted by molar-refractivity contribution is 9.10. The van der Waals surface area contributed by atoms with Crippen LogP contribution in [0, 0.1) is 0 Å². The molecule has 6 nitrogen and oxygen atoms in total. The normalized spacial score (nSPS) is 14.2. The molecule has 206 valence electrons. The van der Waals surface area contributed by atoms with Crippen LogP contribution in [0.15, 0.2) is 53.3 Å². The Morgan fingerprint density at radius 2 is 1.26 bits per heavy atom. The summed E-state index contributed by atoms with van der Waals surface area (Å²) in [6.45, 7) is 17.0. The molecule has 0 radical (unpaired) electrons. The largest absolute Gasteiger partial charge is 0.360 e. The van der Waals surface area contributed by atoms with E-state index in [9.17, 15) is 0 Å². The SMILES string of the molecule is C[Si](C)(C)CCOCn1ncc2cc(Br)ccc21.C[Si](C)(C)CCOCn1ncc2cc(C3CC3)ccc21. The molecule has 1 fully saturated rings. The molecular weight excluding hydrogens is 572 g/mol. The fraction of sp³-hybridized carbons (Fsp3) is 0.517. The molecule has 2 aromatic carbocycles. The van der Waals surface area contributed by atoms with Gasteiger partial charge in [0.1, 0.15) is 13.5 Å². The highest BCUT2D eigenvalue weighted by Crippen LogP contribution is 2.40. The Bertz CT molecular complexity index is 1340. The molecule has 0 saturated heterocycles. The van der Waals surface area contributed by atoms with Crippen molar-refractivity contribution in [3.63, 3.8) is 0 Å². The second-order valence-electron chi connectivity index (χ2n) is 12.8. The van der Waals surface area contributed by atoms with Gasteiger partial charge in [-0.1, -0.05) is 61.3 Å². The molecule has 1 aliphatic rings. The molecular formula is C29H43BrN4O2Si2. The molecule has 5 rings (SSSR count). The third-order valence-electron chi connectivity index (χ3n) is 6.74. The molecule has 0 spiro atoms. The zero-order valence-corrected chi connectivity index (χ0v) is 27.4.